The predicted octanol–water partition coefficient (Wildman–Crippen LogP) is 0.920. The lowest BCUT2D eigenvalue weighted by Gasteiger charge is -2.15. The summed E-state index contributed by atoms with van der Waals surface area (Å²) in [7, 11) is 1.63. The molecule has 0 aliphatic carbocycles. The molecule has 0 aromatic heterocycles. The van der Waals surface area contributed by atoms with Crippen molar-refractivity contribution in [1.82, 2.24) is 20.9 Å². The van der Waals surface area contributed by atoms with Crippen molar-refractivity contribution in [3.63, 3.8) is 0 Å². The zero-order chi connectivity index (χ0) is 17.4. The summed E-state index contributed by atoms with van der Waals surface area (Å²) in [6, 6.07) is 7.35. The van der Waals surface area contributed by atoms with Crippen molar-refractivity contribution >= 4 is 41.9 Å². The molecule has 8 nitrogen and oxygen atoms in total. The van der Waals surface area contributed by atoms with Gasteiger partial charge in [-0.25, -0.2) is 9.79 Å². The lowest BCUT2D eigenvalue weighted by atomic mass is 10.2. The van der Waals surface area contributed by atoms with Crippen molar-refractivity contribution < 1.29 is 14.3 Å². The Hall–Kier alpha value is -2.04. The van der Waals surface area contributed by atoms with E-state index in [1.54, 1.807) is 7.11 Å². The maximum absolute atomic E-state index is 11.5. The molecule has 0 bridgehead atoms. The third kappa shape index (κ3) is 6.40. The second-order valence-electron chi connectivity index (χ2n) is 5.17. The first-order valence-electron chi connectivity index (χ1n) is 7.87. The van der Waals surface area contributed by atoms with E-state index < -0.39 is 0 Å². The highest BCUT2D eigenvalue weighted by molar-refractivity contribution is 14.0. The van der Waals surface area contributed by atoms with Gasteiger partial charge in [-0.05, 0) is 24.6 Å². The molecule has 2 rings (SSSR count). The van der Waals surface area contributed by atoms with E-state index in [4.69, 9.17) is 4.74 Å². The van der Waals surface area contributed by atoms with E-state index in [1.165, 1.54) is 4.90 Å². The average Bonchev–Trinajstić information content (AvgIpc) is 2.92. The van der Waals surface area contributed by atoms with Gasteiger partial charge in [-0.2, -0.15) is 0 Å². The largest absolute Gasteiger partial charge is 0.497 e. The number of hydrogen-bond acceptors (Lipinski definition) is 4. The summed E-state index contributed by atoms with van der Waals surface area (Å²) >= 11 is 0. The summed E-state index contributed by atoms with van der Waals surface area (Å²) in [5.74, 6) is 1.24. The van der Waals surface area contributed by atoms with Gasteiger partial charge in [0, 0.05) is 19.6 Å². The molecule has 3 amide bonds. The Balaban J connectivity index is 0.00000312. The van der Waals surface area contributed by atoms with Crippen molar-refractivity contribution in [3.8, 4) is 5.75 Å². The Morgan fingerprint density at radius 3 is 2.56 bits per heavy atom. The van der Waals surface area contributed by atoms with Crippen LogP contribution in [0.4, 0.5) is 4.79 Å². The number of amides is 3. The summed E-state index contributed by atoms with van der Waals surface area (Å²) in [6.07, 6.45) is 0. The van der Waals surface area contributed by atoms with E-state index >= 15 is 0 Å². The molecule has 3 N–H and O–H groups in total. The van der Waals surface area contributed by atoms with E-state index in [9.17, 15) is 9.59 Å². The molecular weight excluding hydrogens is 437 g/mol. The van der Waals surface area contributed by atoms with Crippen molar-refractivity contribution in [3.05, 3.63) is 29.8 Å². The van der Waals surface area contributed by atoms with Crippen LogP contribution in [0.1, 0.15) is 12.5 Å². The Morgan fingerprint density at radius 1 is 1.28 bits per heavy atom. The summed E-state index contributed by atoms with van der Waals surface area (Å²) in [6.45, 7) is 4.03. The third-order valence-corrected chi connectivity index (χ3v) is 3.49. The molecule has 0 unspecified atom stereocenters. The number of imide groups is 1. The number of rotatable bonds is 7. The zero-order valence-corrected chi connectivity index (χ0v) is 16.7. The molecule has 1 saturated heterocycles. The van der Waals surface area contributed by atoms with Gasteiger partial charge in [-0.15, -0.1) is 24.0 Å². The van der Waals surface area contributed by atoms with Gasteiger partial charge < -0.3 is 20.7 Å². The molecule has 0 saturated carbocycles. The molecule has 1 fully saturated rings. The number of nitrogens with one attached hydrogen (secondary N) is 3. The van der Waals surface area contributed by atoms with E-state index in [0.717, 1.165) is 17.9 Å². The normalized spacial score (nSPS) is 14.0. The molecule has 138 valence electrons. The fourth-order valence-electron chi connectivity index (χ4n) is 2.21. The molecule has 9 heteroatoms. The number of aliphatic imine (C=N–C) groups is 1. The number of halogens is 1. The van der Waals surface area contributed by atoms with Crippen molar-refractivity contribution in [2.75, 3.05) is 33.3 Å². The highest BCUT2D eigenvalue weighted by Gasteiger charge is 2.27. The Labute approximate surface area is 164 Å². The molecule has 0 atom stereocenters. The highest BCUT2D eigenvalue weighted by atomic mass is 127. The van der Waals surface area contributed by atoms with Crippen LogP contribution in [0.3, 0.4) is 0 Å². The van der Waals surface area contributed by atoms with Crippen LogP contribution in [0, 0.1) is 0 Å². The summed E-state index contributed by atoms with van der Waals surface area (Å²) in [4.78, 5) is 28.7. The molecule has 1 aliphatic rings. The fraction of sp³-hybridized carbons (Fsp3) is 0.438. The number of carbonyl (C=O) groups excluding carboxylic acids is 2. The SMILES string of the molecule is CCNC(=NCc1ccc(OC)cc1)NCCN1C(=O)CNC1=O.I. The van der Waals surface area contributed by atoms with Gasteiger partial charge in [0.2, 0.25) is 5.91 Å². The highest BCUT2D eigenvalue weighted by Crippen LogP contribution is 2.11. The van der Waals surface area contributed by atoms with Crippen LogP contribution in [0.25, 0.3) is 0 Å². The van der Waals surface area contributed by atoms with Crippen molar-refractivity contribution in [2.24, 2.45) is 4.99 Å². The number of nitrogens with zero attached hydrogens (tertiary/aromatic N) is 2. The van der Waals surface area contributed by atoms with E-state index in [2.05, 4.69) is 20.9 Å². The van der Waals surface area contributed by atoms with E-state index in [1.807, 2.05) is 31.2 Å². The quantitative estimate of drug-likeness (QED) is 0.243. The van der Waals surface area contributed by atoms with Crippen LogP contribution in [0.15, 0.2) is 29.3 Å². The van der Waals surface area contributed by atoms with Crippen LogP contribution >= 0.6 is 24.0 Å². The number of ether oxygens (including phenoxy) is 1. The molecule has 0 radical (unpaired) electrons. The molecule has 0 spiro atoms. The molecule has 1 aromatic carbocycles. The molecule has 1 aliphatic heterocycles. The van der Waals surface area contributed by atoms with Crippen LogP contribution in [-0.2, 0) is 11.3 Å². The van der Waals surface area contributed by atoms with Crippen molar-refractivity contribution in [1.29, 1.82) is 0 Å². The maximum Gasteiger partial charge on any atom is 0.324 e. The number of guanidine groups is 1. The standard InChI is InChI=1S/C16H23N5O3.HI/c1-3-17-15(18-8-9-21-14(22)11-20-16(21)23)19-10-12-4-6-13(24-2)7-5-12;/h4-7H,3,8-11H2,1-2H3,(H,20,23)(H2,17,18,19);1H. The van der Waals surface area contributed by atoms with Gasteiger partial charge in [-0.3, -0.25) is 9.69 Å². The first-order chi connectivity index (χ1) is 11.6. The minimum Gasteiger partial charge on any atom is -0.497 e. The summed E-state index contributed by atoms with van der Waals surface area (Å²) in [5, 5.41) is 8.75. The minimum absolute atomic E-state index is 0. The Bertz CT molecular complexity index is 590. The smallest absolute Gasteiger partial charge is 0.324 e. The maximum atomic E-state index is 11.5. The summed E-state index contributed by atoms with van der Waals surface area (Å²) < 4.78 is 5.13. The number of methoxy groups -OCH3 is 1. The van der Waals surface area contributed by atoms with Gasteiger partial charge in [0.1, 0.15) is 5.75 Å². The van der Waals surface area contributed by atoms with Crippen molar-refractivity contribution in [2.45, 2.75) is 13.5 Å². The second-order valence-corrected chi connectivity index (χ2v) is 5.17. The molecule has 1 aromatic rings. The monoisotopic (exact) mass is 461 g/mol. The van der Waals surface area contributed by atoms with Crippen LogP contribution in [0.5, 0.6) is 5.75 Å². The van der Waals surface area contributed by atoms with Gasteiger partial charge in [0.15, 0.2) is 5.96 Å². The molecule has 25 heavy (non-hydrogen) atoms. The number of urea groups is 1. The topological polar surface area (TPSA) is 95.1 Å². The lowest BCUT2D eigenvalue weighted by molar-refractivity contribution is -0.124. The van der Waals surface area contributed by atoms with E-state index in [-0.39, 0.29) is 42.5 Å². The van der Waals surface area contributed by atoms with Gasteiger partial charge in [0.25, 0.3) is 0 Å². The van der Waals surface area contributed by atoms with E-state index in [0.29, 0.717) is 25.6 Å². The third-order valence-electron chi connectivity index (χ3n) is 3.49. The van der Waals surface area contributed by atoms with Gasteiger partial charge in [0.05, 0.1) is 20.2 Å². The Kier molecular flexibility index (Phi) is 9.03. The first kappa shape index (κ1) is 21.0. The van der Waals surface area contributed by atoms with Crippen LogP contribution < -0.4 is 20.7 Å². The number of benzene rings is 1. The first-order valence-corrected chi connectivity index (χ1v) is 7.87. The van der Waals surface area contributed by atoms with Gasteiger partial charge >= 0.3 is 6.03 Å². The minimum atomic E-state index is -0.345. The number of hydrogen-bond donors (Lipinski definition) is 3. The second kappa shape index (κ2) is 10.7. The average molecular weight is 461 g/mol. The van der Waals surface area contributed by atoms with Gasteiger partial charge in [-0.1, -0.05) is 12.1 Å². The zero-order valence-electron chi connectivity index (χ0n) is 14.4. The molecule has 1 heterocycles. The predicted molar refractivity (Wildman–Crippen MR) is 106 cm³/mol. The lowest BCUT2D eigenvalue weighted by Crippen LogP contribution is -2.43. The van der Waals surface area contributed by atoms with Crippen LogP contribution in [-0.4, -0.2) is 56.1 Å². The van der Waals surface area contributed by atoms with Crippen LogP contribution in [0.2, 0.25) is 0 Å². The molecular formula is C16H24IN5O3. The summed E-state index contributed by atoms with van der Waals surface area (Å²) in [5.41, 5.74) is 1.06. The fourth-order valence-corrected chi connectivity index (χ4v) is 2.21. The number of carbonyl (C=O) groups is 2. The Morgan fingerprint density at radius 2 is 2.00 bits per heavy atom.